The summed E-state index contributed by atoms with van der Waals surface area (Å²) in [6, 6.07) is 6.28. The van der Waals surface area contributed by atoms with E-state index in [0.717, 1.165) is 24.9 Å². The van der Waals surface area contributed by atoms with Crippen LogP contribution in [-0.4, -0.2) is 12.9 Å². The highest BCUT2D eigenvalue weighted by atomic mass is 19.4. The molecule has 2 atom stereocenters. The van der Waals surface area contributed by atoms with Crippen molar-refractivity contribution in [2.24, 2.45) is 5.92 Å². The average Bonchev–Trinajstić information content (AvgIpc) is 2.35. The van der Waals surface area contributed by atoms with Crippen molar-refractivity contribution in [1.82, 2.24) is 5.32 Å². The van der Waals surface area contributed by atoms with E-state index < -0.39 is 6.36 Å². The van der Waals surface area contributed by atoms with Gasteiger partial charge in [-0.1, -0.05) is 39.3 Å². The van der Waals surface area contributed by atoms with Crippen LogP contribution in [0.5, 0.6) is 5.75 Å². The smallest absolute Gasteiger partial charge is 0.406 e. The van der Waals surface area contributed by atoms with Crippen LogP contribution in [0.4, 0.5) is 13.2 Å². The number of hydrogen-bond acceptors (Lipinski definition) is 2. The third-order valence-corrected chi connectivity index (χ3v) is 3.21. The van der Waals surface area contributed by atoms with Gasteiger partial charge in [0, 0.05) is 6.04 Å². The molecule has 2 nitrogen and oxygen atoms in total. The van der Waals surface area contributed by atoms with Gasteiger partial charge in [0.25, 0.3) is 0 Å². The highest BCUT2D eigenvalue weighted by Crippen LogP contribution is 2.28. The van der Waals surface area contributed by atoms with Gasteiger partial charge >= 0.3 is 6.36 Å². The number of rotatable bonds is 7. The SMILES string of the molecule is CCCC(C)C(NCC)c1ccc(OC(F)(F)F)cc1. The van der Waals surface area contributed by atoms with Crippen LogP contribution in [0.2, 0.25) is 0 Å². The van der Waals surface area contributed by atoms with E-state index in [1.807, 2.05) is 6.92 Å². The summed E-state index contributed by atoms with van der Waals surface area (Å²) in [5.74, 6) is 0.244. The summed E-state index contributed by atoms with van der Waals surface area (Å²) in [6.45, 7) is 7.11. The molecule has 0 aliphatic carbocycles. The molecular formula is C15H22F3NO. The van der Waals surface area contributed by atoms with Crippen LogP contribution in [-0.2, 0) is 0 Å². The Kier molecular flexibility index (Phi) is 6.33. The van der Waals surface area contributed by atoms with Gasteiger partial charge in [0.2, 0.25) is 0 Å². The van der Waals surface area contributed by atoms with E-state index in [9.17, 15) is 13.2 Å². The minimum Gasteiger partial charge on any atom is -0.406 e. The van der Waals surface area contributed by atoms with E-state index in [1.165, 1.54) is 12.1 Å². The lowest BCUT2D eigenvalue weighted by Crippen LogP contribution is -2.26. The van der Waals surface area contributed by atoms with Crippen LogP contribution >= 0.6 is 0 Å². The monoisotopic (exact) mass is 289 g/mol. The summed E-state index contributed by atoms with van der Waals surface area (Å²) in [5.41, 5.74) is 0.988. The summed E-state index contributed by atoms with van der Waals surface area (Å²) >= 11 is 0. The van der Waals surface area contributed by atoms with Crippen LogP contribution in [0, 0.1) is 5.92 Å². The predicted octanol–water partition coefficient (Wildman–Crippen LogP) is 4.67. The standard InChI is InChI=1S/C15H22F3NO/c1-4-6-11(3)14(19-5-2)12-7-9-13(10-8-12)20-15(16,17)18/h7-11,14,19H,4-6H2,1-3H3. The molecule has 0 amide bonds. The molecule has 0 aliphatic heterocycles. The van der Waals surface area contributed by atoms with Crippen LogP contribution in [0.15, 0.2) is 24.3 Å². The topological polar surface area (TPSA) is 21.3 Å². The first kappa shape index (κ1) is 16.8. The molecule has 0 aromatic heterocycles. The predicted molar refractivity (Wildman–Crippen MR) is 73.6 cm³/mol. The first-order valence-corrected chi connectivity index (χ1v) is 6.96. The third kappa shape index (κ3) is 5.41. The molecule has 0 fully saturated rings. The highest BCUT2D eigenvalue weighted by Gasteiger charge is 2.31. The molecule has 1 aromatic rings. The molecule has 0 saturated carbocycles. The molecule has 0 radical (unpaired) electrons. The Balaban J connectivity index is 2.82. The number of nitrogens with one attached hydrogen (secondary N) is 1. The lowest BCUT2D eigenvalue weighted by atomic mass is 9.91. The molecular weight excluding hydrogens is 267 g/mol. The van der Waals surface area contributed by atoms with Crippen molar-refractivity contribution < 1.29 is 17.9 Å². The van der Waals surface area contributed by atoms with Crippen molar-refractivity contribution in [3.63, 3.8) is 0 Å². The molecule has 0 aliphatic rings. The van der Waals surface area contributed by atoms with E-state index in [0.29, 0.717) is 5.92 Å². The van der Waals surface area contributed by atoms with Gasteiger partial charge in [0.05, 0.1) is 0 Å². The maximum Gasteiger partial charge on any atom is 0.573 e. The van der Waals surface area contributed by atoms with Crippen LogP contribution in [0.25, 0.3) is 0 Å². The lowest BCUT2D eigenvalue weighted by Gasteiger charge is -2.25. The molecule has 5 heteroatoms. The molecule has 1 rings (SSSR count). The van der Waals surface area contributed by atoms with Crippen LogP contribution in [0.3, 0.4) is 0 Å². The van der Waals surface area contributed by atoms with Crippen LogP contribution in [0.1, 0.15) is 45.2 Å². The second kappa shape index (κ2) is 7.53. The third-order valence-electron chi connectivity index (χ3n) is 3.21. The maximum atomic E-state index is 12.1. The van der Waals surface area contributed by atoms with Crippen LogP contribution < -0.4 is 10.1 Å². The Morgan fingerprint density at radius 2 is 1.75 bits per heavy atom. The first-order valence-electron chi connectivity index (χ1n) is 6.96. The molecule has 20 heavy (non-hydrogen) atoms. The molecule has 0 spiro atoms. The lowest BCUT2D eigenvalue weighted by molar-refractivity contribution is -0.274. The minimum atomic E-state index is -4.64. The van der Waals surface area contributed by atoms with E-state index >= 15 is 0 Å². The summed E-state index contributed by atoms with van der Waals surface area (Å²) < 4.78 is 40.2. The largest absolute Gasteiger partial charge is 0.573 e. The fourth-order valence-electron chi connectivity index (χ4n) is 2.37. The Morgan fingerprint density at radius 3 is 2.20 bits per heavy atom. The number of ether oxygens (including phenoxy) is 1. The highest BCUT2D eigenvalue weighted by molar-refractivity contribution is 5.29. The van der Waals surface area contributed by atoms with Crippen molar-refractivity contribution in [2.75, 3.05) is 6.54 Å². The fraction of sp³-hybridized carbons (Fsp3) is 0.600. The summed E-state index contributed by atoms with van der Waals surface area (Å²) in [5, 5.41) is 3.39. The van der Waals surface area contributed by atoms with Gasteiger partial charge in [-0.05, 0) is 36.6 Å². The molecule has 1 aromatic carbocycles. The number of hydrogen-bond donors (Lipinski definition) is 1. The number of alkyl halides is 3. The quantitative estimate of drug-likeness (QED) is 0.787. The Morgan fingerprint density at radius 1 is 1.15 bits per heavy atom. The first-order chi connectivity index (χ1) is 9.37. The molecule has 0 heterocycles. The van der Waals surface area contributed by atoms with Crippen molar-refractivity contribution in [2.45, 2.75) is 46.0 Å². The van der Waals surface area contributed by atoms with Crippen molar-refractivity contribution in [3.8, 4) is 5.75 Å². The van der Waals surface area contributed by atoms with Gasteiger partial charge in [-0.25, -0.2) is 0 Å². The Labute approximate surface area is 118 Å². The molecule has 0 saturated heterocycles. The zero-order valence-electron chi connectivity index (χ0n) is 12.1. The van der Waals surface area contributed by atoms with Gasteiger partial charge in [0.1, 0.15) is 5.75 Å². The number of halogens is 3. The van der Waals surface area contributed by atoms with Gasteiger partial charge in [-0.15, -0.1) is 13.2 Å². The summed E-state index contributed by atoms with van der Waals surface area (Å²) in [4.78, 5) is 0. The molecule has 1 N–H and O–H groups in total. The van der Waals surface area contributed by atoms with E-state index in [-0.39, 0.29) is 11.8 Å². The Bertz CT molecular complexity index is 389. The van der Waals surface area contributed by atoms with E-state index in [2.05, 4.69) is 23.9 Å². The maximum absolute atomic E-state index is 12.1. The van der Waals surface area contributed by atoms with Crippen molar-refractivity contribution >= 4 is 0 Å². The average molecular weight is 289 g/mol. The van der Waals surface area contributed by atoms with Gasteiger partial charge in [-0.2, -0.15) is 0 Å². The normalized spacial score (nSPS) is 14.9. The van der Waals surface area contributed by atoms with E-state index in [1.54, 1.807) is 12.1 Å². The molecule has 0 bridgehead atoms. The second-order valence-electron chi connectivity index (χ2n) is 4.92. The molecule has 2 unspecified atom stereocenters. The molecule has 114 valence electrons. The van der Waals surface area contributed by atoms with E-state index in [4.69, 9.17) is 0 Å². The van der Waals surface area contributed by atoms with Gasteiger partial charge in [-0.3, -0.25) is 0 Å². The fourth-order valence-corrected chi connectivity index (χ4v) is 2.37. The Hall–Kier alpha value is -1.23. The van der Waals surface area contributed by atoms with Gasteiger partial charge in [0.15, 0.2) is 0 Å². The summed E-state index contributed by atoms with van der Waals surface area (Å²) in [7, 11) is 0. The number of benzene rings is 1. The van der Waals surface area contributed by atoms with Crippen molar-refractivity contribution in [3.05, 3.63) is 29.8 Å². The minimum absolute atomic E-state index is 0.153. The van der Waals surface area contributed by atoms with Gasteiger partial charge < -0.3 is 10.1 Å². The zero-order chi connectivity index (χ0) is 15.2. The van der Waals surface area contributed by atoms with Crippen molar-refractivity contribution in [1.29, 1.82) is 0 Å². The summed E-state index contributed by atoms with van der Waals surface area (Å²) in [6.07, 6.45) is -2.49. The second-order valence-corrected chi connectivity index (χ2v) is 4.92. The zero-order valence-corrected chi connectivity index (χ0v) is 12.1.